The first-order valence-corrected chi connectivity index (χ1v) is 7.13. The third-order valence-electron chi connectivity index (χ3n) is 2.57. The van der Waals surface area contributed by atoms with Gasteiger partial charge in [-0.05, 0) is 31.2 Å². The Morgan fingerprint density at radius 1 is 1.33 bits per heavy atom. The van der Waals surface area contributed by atoms with Crippen LogP contribution in [0.3, 0.4) is 0 Å². The molecule has 0 atom stereocenters. The fraction of sp³-hybridized carbons (Fsp3) is 0.385. The highest BCUT2D eigenvalue weighted by Gasteiger charge is 2.09. The lowest BCUT2D eigenvalue weighted by molar-refractivity contribution is 0.391. The summed E-state index contributed by atoms with van der Waals surface area (Å²) < 4.78 is 5.24. The van der Waals surface area contributed by atoms with Gasteiger partial charge in [-0.1, -0.05) is 29.4 Å². The van der Waals surface area contributed by atoms with Crippen LogP contribution in [0.5, 0.6) is 0 Å². The molecule has 0 saturated carbocycles. The smallest absolute Gasteiger partial charge is 0.236 e. The number of hydrogen-bond donors (Lipinski definition) is 1. The molecule has 0 aliphatic rings. The fourth-order valence-corrected chi connectivity index (χ4v) is 2.40. The summed E-state index contributed by atoms with van der Waals surface area (Å²) in [6.45, 7) is 2.77. The van der Waals surface area contributed by atoms with Gasteiger partial charge < -0.3 is 10.3 Å². The molecule has 0 aliphatic carbocycles. The summed E-state index contributed by atoms with van der Waals surface area (Å²) in [5.74, 6) is 3.12. The quantitative estimate of drug-likeness (QED) is 0.812. The molecule has 2 aromatic rings. The van der Waals surface area contributed by atoms with Crippen molar-refractivity contribution in [3.05, 3.63) is 35.7 Å². The molecule has 0 unspecified atom stereocenters. The lowest BCUT2D eigenvalue weighted by Crippen LogP contribution is -1.99. The second kappa shape index (κ2) is 6.56. The van der Waals surface area contributed by atoms with Crippen molar-refractivity contribution in [2.45, 2.75) is 19.1 Å². The van der Waals surface area contributed by atoms with Gasteiger partial charge in [-0.2, -0.15) is 16.7 Å². The van der Waals surface area contributed by atoms with Crippen molar-refractivity contribution in [2.24, 2.45) is 5.73 Å². The number of hydrogen-bond acceptors (Lipinski definition) is 5. The maximum Gasteiger partial charge on any atom is 0.236 e. The van der Waals surface area contributed by atoms with E-state index in [4.69, 9.17) is 10.3 Å². The van der Waals surface area contributed by atoms with Crippen LogP contribution in [0.15, 0.2) is 28.8 Å². The van der Waals surface area contributed by atoms with Crippen molar-refractivity contribution in [1.29, 1.82) is 0 Å². The van der Waals surface area contributed by atoms with Gasteiger partial charge in [-0.15, -0.1) is 0 Å². The molecule has 0 radical (unpaired) electrons. The number of rotatable bonds is 6. The molecule has 0 aliphatic heterocycles. The average molecular weight is 263 g/mol. The number of aromatic nitrogens is 2. The molecule has 1 aromatic carbocycles. The van der Waals surface area contributed by atoms with Crippen LogP contribution in [0, 0.1) is 6.92 Å². The van der Waals surface area contributed by atoms with E-state index in [1.54, 1.807) is 11.8 Å². The zero-order chi connectivity index (χ0) is 12.8. The monoisotopic (exact) mass is 263 g/mol. The Labute approximate surface area is 111 Å². The molecular formula is C13H17N3OS. The molecule has 0 spiro atoms. The standard InChI is InChI=1S/C13H17N3OS/c1-10-5-2-3-6-11(10)13-15-12(17-16-13)9-18-8-4-7-14/h2-3,5-6H,4,7-9,14H2,1H3. The number of thioether (sulfide) groups is 1. The molecule has 4 nitrogen and oxygen atoms in total. The minimum absolute atomic E-state index is 0.669. The van der Waals surface area contributed by atoms with Crippen LogP contribution in [-0.2, 0) is 5.75 Å². The summed E-state index contributed by atoms with van der Waals surface area (Å²) in [4.78, 5) is 4.41. The fourth-order valence-electron chi connectivity index (χ4n) is 1.59. The summed E-state index contributed by atoms with van der Waals surface area (Å²) in [6.07, 6.45) is 1.02. The second-order valence-electron chi connectivity index (χ2n) is 4.02. The molecule has 5 heteroatoms. The molecule has 1 aromatic heterocycles. The Bertz CT molecular complexity index is 498. The summed E-state index contributed by atoms with van der Waals surface area (Å²) in [5, 5.41) is 4.02. The first-order chi connectivity index (χ1) is 8.81. The zero-order valence-corrected chi connectivity index (χ0v) is 11.2. The first-order valence-electron chi connectivity index (χ1n) is 5.97. The molecular weight excluding hydrogens is 246 g/mol. The largest absolute Gasteiger partial charge is 0.338 e. The molecule has 1 heterocycles. The highest BCUT2D eigenvalue weighted by Crippen LogP contribution is 2.21. The van der Waals surface area contributed by atoms with Crippen LogP contribution >= 0.6 is 11.8 Å². The summed E-state index contributed by atoms with van der Waals surface area (Å²) in [7, 11) is 0. The predicted octanol–water partition coefficient (Wildman–Crippen LogP) is 2.63. The summed E-state index contributed by atoms with van der Waals surface area (Å²) in [5.41, 5.74) is 7.62. The molecule has 0 amide bonds. The first kappa shape index (κ1) is 13.1. The normalized spacial score (nSPS) is 10.8. The van der Waals surface area contributed by atoms with Crippen molar-refractivity contribution < 1.29 is 4.52 Å². The minimum Gasteiger partial charge on any atom is -0.338 e. The van der Waals surface area contributed by atoms with E-state index in [2.05, 4.69) is 10.1 Å². The number of nitrogens with zero attached hydrogens (tertiary/aromatic N) is 2. The average Bonchev–Trinajstić information content (AvgIpc) is 2.84. The lowest BCUT2D eigenvalue weighted by atomic mass is 10.1. The predicted molar refractivity (Wildman–Crippen MR) is 74.3 cm³/mol. The Morgan fingerprint density at radius 3 is 2.94 bits per heavy atom. The lowest BCUT2D eigenvalue weighted by Gasteiger charge is -1.98. The highest BCUT2D eigenvalue weighted by molar-refractivity contribution is 7.98. The van der Waals surface area contributed by atoms with Gasteiger partial charge in [0, 0.05) is 5.56 Å². The van der Waals surface area contributed by atoms with Crippen molar-refractivity contribution in [1.82, 2.24) is 10.1 Å². The van der Waals surface area contributed by atoms with Crippen LogP contribution in [0.25, 0.3) is 11.4 Å². The molecule has 0 saturated heterocycles. The topological polar surface area (TPSA) is 64.9 Å². The Hall–Kier alpha value is -1.33. The van der Waals surface area contributed by atoms with Gasteiger partial charge in [-0.3, -0.25) is 0 Å². The minimum atomic E-state index is 0.669. The van der Waals surface area contributed by atoms with Gasteiger partial charge in [0.15, 0.2) is 0 Å². The van der Waals surface area contributed by atoms with E-state index in [0.717, 1.165) is 35.6 Å². The third kappa shape index (κ3) is 3.34. The highest BCUT2D eigenvalue weighted by atomic mass is 32.2. The van der Waals surface area contributed by atoms with Gasteiger partial charge in [-0.25, -0.2) is 0 Å². The van der Waals surface area contributed by atoms with Crippen molar-refractivity contribution in [2.75, 3.05) is 12.3 Å². The maximum absolute atomic E-state index is 5.44. The van der Waals surface area contributed by atoms with E-state index >= 15 is 0 Å². The van der Waals surface area contributed by atoms with Crippen LogP contribution in [-0.4, -0.2) is 22.4 Å². The Morgan fingerprint density at radius 2 is 2.17 bits per heavy atom. The van der Waals surface area contributed by atoms with Crippen LogP contribution in [0.1, 0.15) is 17.9 Å². The van der Waals surface area contributed by atoms with E-state index in [1.807, 2.05) is 31.2 Å². The van der Waals surface area contributed by atoms with Crippen LogP contribution in [0.4, 0.5) is 0 Å². The van der Waals surface area contributed by atoms with Gasteiger partial charge in [0.25, 0.3) is 0 Å². The van der Waals surface area contributed by atoms with Crippen molar-refractivity contribution >= 4 is 11.8 Å². The molecule has 96 valence electrons. The molecule has 2 rings (SSSR count). The van der Waals surface area contributed by atoms with E-state index in [0.29, 0.717) is 11.7 Å². The number of aryl methyl sites for hydroxylation is 1. The van der Waals surface area contributed by atoms with E-state index in [9.17, 15) is 0 Å². The van der Waals surface area contributed by atoms with Crippen LogP contribution in [0.2, 0.25) is 0 Å². The van der Waals surface area contributed by atoms with Gasteiger partial charge in [0.05, 0.1) is 5.75 Å². The zero-order valence-electron chi connectivity index (χ0n) is 10.4. The van der Waals surface area contributed by atoms with Crippen molar-refractivity contribution in [3.63, 3.8) is 0 Å². The van der Waals surface area contributed by atoms with E-state index in [1.165, 1.54) is 0 Å². The molecule has 18 heavy (non-hydrogen) atoms. The molecule has 0 bridgehead atoms. The van der Waals surface area contributed by atoms with Gasteiger partial charge >= 0.3 is 0 Å². The van der Waals surface area contributed by atoms with Gasteiger partial charge in [0.1, 0.15) is 0 Å². The van der Waals surface area contributed by atoms with Gasteiger partial charge in [0.2, 0.25) is 11.7 Å². The summed E-state index contributed by atoms with van der Waals surface area (Å²) in [6, 6.07) is 8.03. The number of benzene rings is 1. The number of nitrogens with two attached hydrogens (primary N) is 1. The Kier molecular flexibility index (Phi) is 4.78. The SMILES string of the molecule is Cc1ccccc1-c1noc(CSCCCN)n1. The Balaban J connectivity index is 2.00. The van der Waals surface area contributed by atoms with Crippen LogP contribution < -0.4 is 5.73 Å². The van der Waals surface area contributed by atoms with E-state index in [-0.39, 0.29) is 0 Å². The third-order valence-corrected chi connectivity index (χ3v) is 3.60. The molecule has 0 fully saturated rings. The second-order valence-corrected chi connectivity index (χ2v) is 5.13. The molecule has 2 N–H and O–H groups in total. The van der Waals surface area contributed by atoms with Crippen molar-refractivity contribution in [3.8, 4) is 11.4 Å². The summed E-state index contributed by atoms with van der Waals surface area (Å²) >= 11 is 1.77. The van der Waals surface area contributed by atoms with E-state index < -0.39 is 0 Å². The maximum atomic E-state index is 5.44.